The van der Waals surface area contributed by atoms with Gasteiger partial charge < -0.3 is 9.64 Å². The highest BCUT2D eigenvalue weighted by molar-refractivity contribution is 7.15. The van der Waals surface area contributed by atoms with Crippen molar-refractivity contribution in [3.8, 4) is 5.75 Å². The Bertz CT molecular complexity index is 1080. The van der Waals surface area contributed by atoms with Crippen LogP contribution in [0.5, 0.6) is 5.75 Å². The van der Waals surface area contributed by atoms with E-state index in [-0.39, 0.29) is 17.7 Å². The molecule has 8 heteroatoms. The average molecular weight is 423 g/mol. The fourth-order valence-corrected chi connectivity index (χ4v) is 4.35. The summed E-state index contributed by atoms with van der Waals surface area (Å²) in [5.41, 5.74) is 2.43. The predicted octanol–water partition coefficient (Wildman–Crippen LogP) is 4.02. The zero-order valence-corrected chi connectivity index (χ0v) is 17.6. The molecule has 2 heterocycles. The van der Waals surface area contributed by atoms with Crippen molar-refractivity contribution in [1.29, 1.82) is 0 Å². The van der Waals surface area contributed by atoms with Gasteiger partial charge in [-0.3, -0.25) is 14.9 Å². The maximum Gasteiger partial charge on any atom is 0.261 e. The predicted molar refractivity (Wildman–Crippen MR) is 116 cm³/mol. The number of nitrogens with one attached hydrogen (secondary N) is 1. The van der Waals surface area contributed by atoms with E-state index in [0.29, 0.717) is 36.0 Å². The Kier molecular flexibility index (Phi) is 5.76. The number of para-hydroxylation sites is 2. The first kappa shape index (κ1) is 20.0. The molecule has 0 aliphatic carbocycles. The number of carbonyl (C=O) groups is 2. The molecule has 4 rings (SSSR count). The molecule has 0 bridgehead atoms. The molecule has 2 amide bonds. The number of benzene rings is 2. The lowest BCUT2D eigenvalue weighted by atomic mass is 10.1. The first-order valence-corrected chi connectivity index (χ1v) is 10.6. The maximum atomic E-state index is 12.7. The Hall–Kier alpha value is -3.26. The van der Waals surface area contributed by atoms with Gasteiger partial charge in [0.05, 0.1) is 12.2 Å². The van der Waals surface area contributed by atoms with Crippen LogP contribution < -0.4 is 15.0 Å². The van der Waals surface area contributed by atoms with Gasteiger partial charge >= 0.3 is 0 Å². The van der Waals surface area contributed by atoms with Gasteiger partial charge in [0.2, 0.25) is 11.0 Å². The highest BCUT2D eigenvalue weighted by atomic mass is 32.1. The number of aryl methyl sites for hydroxylation is 1. The molecule has 1 aliphatic rings. The lowest BCUT2D eigenvalue weighted by Gasteiger charge is -2.18. The van der Waals surface area contributed by atoms with Crippen LogP contribution in [0, 0.1) is 6.92 Å². The van der Waals surface area contributed by atoms with E-state index in [1.54, 1.807) is 23.1 Å². The van der Waals surface area contributed by atoms with Crippen molar-refractivity contribution in [1.82, 2.24) is 10.2 Å². The Morgan fingerprint density at radius 1 is 1.20 bits per heavy atom. The van der Waals surface area contributed by atoms with Gasteiger partial charge in [0.1, 0.15) is 10.8 Å². The molecule has 30 heavy (non-hydrogen) atoms. The van der Waals surface area contributed by atoms with E-state index < -0.39 is 0 Å². The molecule has 0 spiro atoms. The zero-order chi connectivity index (χ0) is 21.1. The summed E-state index contributed by atoms with van der Waals surface area (Å²) in [7, 11) is 0. The molecular weight excluding hydrogens is 400 g/mol. The van der Waals surface area contributed by atoms with Crippen molar-refractivity contribution in [2.75, 3.05) is 23.4 Å². The molecule has 1 fully saturated rings. The van der Waals surface area contributed by atoms with Gasteiger partial charge in [0.25, 0.3) is 5.91 Å². The summed E-state index contributed by atoms with van der Waals surface area (Å²) in [6.07, 6.45) is 0.379. The van der Waals surface area contributed by atoms with Crippen LogP contribution in [-0.2, 0) is 4.79 Å². The summed E-state index contributed by atoms with van der Waals surface area (Å²) < 4.78 is 5.52. The number of hydrogen-bond acceptors (Lipinski definition) is 6. The average Bonchev–Trinajstić information content (AvgIpc) is 3.35. The second kappa shape index (κ2) is 8.62. The fourth-order valence-electron chi connectivity index (χ4n) is 3.52. The number of anilines is 2. The molecule has 2 aromatic carbocycles. The van der Waals surface area contributed by atoms with Crippen LogP contribution in [0.3, 0.4) is 0 Å². The van der Waals surface area contributed by atoms with Crippen LogP contribution >= 0.6 is 11.3 Å². The quantitative estimate of drug-likeness (QED) is 0.649. The Labute approximate surface area is 178 Å². The summed E-state index contributed by atoms with van der Waals surface area (Å²) in [5, 5.41) is 12.3. The van der Waals surface area contributed by atoms with E-state index in [9.17, 15) is 9.59 Å². The van der Waals surface area contributed by atoms with E-state index in [4.69, 9.17) is 4.74 Å². The Morgan fingerprint density at radius 3 is 2.77 bits per heavy atom. The molecule has 1 N–H and O–H groups in total. The van der Waals surface area contributed by atoms with Crippen molar-refractivity contribution in [3.05, 3.63) is 64.7 Å². The Balaban J connectivity index is 1.47. The van der Waals surface area contributed by atoms with Crippen LogP contribution in [0.1, 0.15) is 40.2 Å². The summed E-state index contributed by atoms with van der Waals surface area (Å²) in [5.74, 6) is 0.250. The SMILES string of the molecule is CCOc1ccccc1C(=O)Nc1nnc([C@H]2CC(=O)N(c3ccccc3C)C2)s1. The standard InChI is InChI=1S/C22H22N4O3S/c1-3-29-18-11-7-5-9-16(18)20(28)23-22-25-24-21(30-22)15-12-19(27)26(13-15)17-10-6-4-8-14(17)2/h4-11,15H,3,12-13H2,1-2H3,(H,23,25,28)/t15-/m0/s1. The number of nitrogens with zero attached hydrogens (tertiary/aromatic N) is 3. The topological polar surface area (TPSA) is 84.4 Å². The van der Waals surface area contributed by atoms with Gasteiger partial charge in [-0.05, 0) is 37.6 Å². The molecule has 1 saturated heterocycles. The number of rotatable bonds is 6. The monoisotopic (exact) mass is 422 g/mol. The number of amides is 2. The third-order valence-corrected chi connectivity index (χ3v) is 5.97. The Morgan fingerprint density at radius 2 is 1.97 bits per heavy atom. The van der Waals surface area contributed by atoms with Crippen LogP contribution in [-0.4, -0.2) is 35.2 Å². The van der Waals surface area contributed by atoms with Crippen molar-refractivity contribution in [3.63, 3.8) is 0 Å². The third-order valence-electron chi connectivity index (χ3n) is 4.97. The van der Waals surface area contributed by atoms with Crippen molar-refractivity contribution in [2.45, 2.75) is 26.2 Å². The number of ether oxygens (including phenoxy) is 1. The normalized spacial score (nSPS) is 16.0. The molecule has 1 aliphatic heterocycles. The third kappa shape index (κ3) is 4.04. The number of hydrogen-bond donors (Lipinski definition) is 1. The summed E-state index contributed by atoms with van der Waals surface area (Å²) in [6.45, 7) is 4.89. The second-order valence-electron chi connectivity index (χ2n) is 7.02. The van der Waals surface area contributed by atoms with E-state index in [0.717, 1.165) is 16.3 Å². The minimum atomic E-state index is -0.300. The minimum absolute atomic E-state index is 0.0454. The highest BCUT2D eigenvalue weighted by Crippen LogP contribution is 2.35. The summed E-state index contributed by atoms with van der Waals surface area (Å²) in [4.78, 5) is 27.0. The molecule has 7 nitrogen and oxygen atoms in total. The van der Waals surface area contributed by atoms with Gasteiger partial charge in [0, 0.05) is 24.6 Å². The van der Waals surface area contributed by atoms with Crippen LogP contribution in [0.4, 0.5) is 10.8 Å². The van der Waals surface area contributed by atoms with E-state index >= 15 is 0 Å². The largest absolute Gasteiger partial charge is 0.493 e. The van der Waals surface area contributed by atoms with Crippen LogP contribution in [0.15, 0.2) is 48.5 Å². The van der Waals surface area contributed by atoms with Crippen LogP contribution in [0.2, 0.25) is 0 Å². The van der Waals surface area contributed by atoms with Crippen molar-refractivity contribution in [2.24, 2.45) is 0 Å². The molecule has 0 saturated carbocycles. The minimum Gasteiger partial charge on any atom is -0.493 e. The first-order chi connectivity index (χ1) is 14.6. The molecule has 3 aromatic rings. The van der Waals surface area contributed by atoms with Gasteiger partial charge in [-0.1, -0.05) is 41.7 Å². The molecule has 1 atom stereocenters. The lowest BCUT2D eigenvalue weighted by molar-refractivity contribution is -0.117. The fraction of sp³-hybridized carbons (Fsp3) is 0.273. The van der Waals surface area contributed by atoms with Gasteiger partial charge in [-0.25, -0.2) is 0 Å². The highest BCUT2D eigenvalue weighted by Gasteiger charge is 2.34. The van der Waals surface area contributed by atoms with Crippen molar-refractivity contribution >= 4 is 34.0 Å². The zero-order valence-electron chi connectivity index (χ0n) is 16.8. The first-order valence-electron chi connectivity index (χ1n) is 9.79. The summed E-state index contributed by atoms with van der Waals surface area (Å²) in [6, 6.07) is 14.9. The van der Waals surface area contributed by atoms with Gasteiger partial charge in [0.15, 0.2) is 0 Å². The molecule has 0 unspecified atom stereocenters. The maximum absolute atomic E-state index is 12.7. The lowest BCUT2D eigenvalue weighted by Crippen LogP contribution is -2.25. The molecule has 0 radical (unpaired) electrons. The van der Waals surface area contributed by atoms with E-state index in [1.807, 2.05) is 44.2 Å². The van der Waals surface area contributed by atoms with Crippen LogP contribution in [0.25, 0.3) is 0 Å². The molecule has 154 valence electrons. The smallest absolute Gasteiger partial charge is 0.261 e. The summed E-state index contributed by atoms with van der Waals surface area (Å²) >= 11 is 1.30. The van der Waals surface area contributed by atoms with E-state index in [2.05, 4.69) is 15.5 Å². The van der Waals surface area contributed by atoms with Gasteiger partial charge in [-0.2, -0.15) is 0 Å². The molecule has 1 aromatic heterocycles. The molecular formula is C22H22N4O3S. The number of aromatic nitrogens is 2. The second-order valence-corrected chi connectivity index (χ2v) is 8.03. The van der Waals surface area contributed by atoms with E-state index in [1.165, 1.54) is 11.3 Å². The van der Waals surface area contributed by atoms with Gasteiger partial charge in [-0.15, -0.1) is 10.2 Å². The number of carbonyl (C=O) groups excluding carboxylic acids is 2. The van der Waals surface area contributed by atoms with Crippen molar-refractivity contribution < 1.29 is 14.3 Å².